The molecule has 0 spiro atoms. The van der Waals surface area contributed by atoms with Crippen LogP contribution >= 0.6 is 11.6 Å². The van der Waals surface area contributed by atoms with Gasteiger partial charge >= 0.3 is 0 Å². The summed E-state index contributed by atoms with van der Waals surface area (Å²) in [7, 11) is -3.64. The second-order valence-electron chi connectivity index (χ2n) is 4.84. The van der Waals surface area contributed by atoms with E-state index in [-0.39, 0.29) is 10.9 Å². The fourth-order valence-corrected chi connectivity index (χ4v) is 2.58. The van der Waals surface area contributed by atoms with Gasteiger partial charge in [0.25, 0.3) is 0 Å². The monoisotopic (exact) mass is 324 g/mol. The summed E-state index contributed by atoms with van der Waals surface area (Å²) in [6.07, 6.45) is 0. The Kier molecular flexibility index (Phi) is 5.00. The number of halogens is 1. The molecule has 2 aromatic rings. The fourth-order valence-electron chi connectivity index (χ4n) is 1.94. The van der Waals surface area contributed by atoms with Crippen molar-refractivity contribution in [3.8, 4) is 0 Å². The number of nitrogens with one attached hydrogen (secondary N) is 1. The van der Waals surface area contributed by atoms with Crippen molar-refractivity contribution in [1.82, 2.24) is 5.32 Å². The average molecular weight is 325 g/mol. The highest BCUT2D eigenvalue weighted by atomic mass is 35.5. The summed E-state index contributed by atoms with van der Waals surface area (Å²) in [4.78, 5) is 0.121. The van der Waals surface area contributed by atoms with Gasteiger partial charge in [0.1, 0.15) is 0 Å². The smallest absolute Gasteiger partial charge is 0.238 e. The van der Waals surface area contributed by atoms with Crippen molar-refractivity contribution in [3.63, 3.8) is 0 Å². The number of rotatable bonds is 5. The summed E-state index contributed by atoms with van der Waals surface area (Å²) in [5.41, 5.74) is 2.13. The van der Waals surface area contributed by atoms with Crippen LogP contribution in [0.15, 0.2) is 53.4 Å². The summed E-state index contributed by atoms with van der Waals surface area (Å²) in [5, 5.41) is 9.16. The summed E-state index contributed by atoms with van der Waals surface area (Å²) in [6, 6.07) is 14.3. The van der Waals surface area contributed by atoms with Crippen molar-refractivity contribution in [2.45, 2.75) is 24.4 Å². The number of primary sulfonamides is 1. The van der Waals surface area contributed by atoms with Crippen LogP contribution in [-0.4, -0.2) is 8.42 Å². The van der Waals surface area contributed by atoms with Gasteiger partial charge in [0.15, 0.2) is 0 Å². The molecule has 1 unspecified atom stereocenters. The molecule has 0 fully saturated rings. The van der Waals surface area contributed by atoms with E-state index in [1.165, 1.54) is 12.1 Å². The molecular weight excluding hydrogens is 308 g/mol. The summed E-state index contributed by atoms with van der Waals surface area (Å²) in [6.45, 7) is 2.72. The normalized spacial score (nSPS) is 13.1. The lowest BCUT2D eigenvalue weighted by Gasteiger charge is -2.14. The van der Waals surface area contributed by atoms with Gasteiger partial charge in [0.2, 0.25) is 10.0 Å². The third kappa shape index (κ3) is 4.54. The van der Waals surface area contributed by atoms with E-state index >= 15 is 0 Å². The highest BCUT2D eigenvalue weighted by Crippen LogP contribution is 2.16. The standard InChI is InChI=1S/C15H17ClN2O2S/c1-11(18-10-12-2-6-14(16)7-3-12)13-4-8-15(9-5-13)21(17,19)20/h2-9,11,18H,10H2,1H3,(H2,17,19,20). The molecular formula is C15H17ClN2O2S. The Morgan fingerprint density at radius 1 is 1.10 bits per heavy atom. The Morgan fingerprint density at radius 3 is 2.19 bits per heavy atom. The Labute approximate surface area is 130 Å². The zero-order valence-electron chi connectivity index (χ0n) is 11.6. The van der Waals surface area contributed by atoms with E-state index in [0.29, 0.717) is 11.6 Å². The maximum atomic E-state index is 11.2. The molecule has 3 N–H and O–H groups in total. The van der Waals surface area contributed by atoms with Crippen molar-refractivity contribution in [3.05, 3.63) is 64.7 Å². The molecule has 0 saturated carbocycles. The Morgan fingerprint density at radius 2 is 1.67 bits per heavy atom. The van der Waals surface area contributed by atoms with Gasteiger partial charge in [0, 0.05) is 17.6 Å². The molecule has 0 aliphatic heterocycles. The molecule has 1 atom stereocenters. The summed E-state index contributed by atoms with van der Waals surface area (Å²) in [5.74, 6) is 0. The third-order valence-corrected chi connectivity index (χ3v) is 4.42. The first-order valence-electron chi connectivity index (χ1n) is 6.47. The number of benzene rings is 2. The summed E-state index contributed by atoms with van der Waals surface area (Å²) >= 11 is 5.84. The molecule has 0 radical (unpaired) electrons. The lowest BCUT2D eigenvalue weighted by atomic mass is 10.1. The largest absolute Gasteiger partial charge is 0.306 e. The van der Waals surface area contributed by atoms with Crippen LogP contribution in [0.2, 0.25) is 5.02 Å². The van der Waals surface area contributed by atoms with Gasteiger partial charge in [0.05, 0.1) is 4.90 Å². The predicted molar refractivity (Wildman–Crippen MR) is 84.5 cm³/mol. The Balaban J connectivity index is 2.00. The number of hydrogen-bond acceptors (Lipinski definition) is 3. The van der Waals surface area contributed by atoms with Gasteiger partial charge in [-0.2, -0.15) is 0 Å². The van der Waals surface area contributed by atoms with Crippen LogP contribution in [0.25, 0.3) is 0 Å². The maximum absolute atomic E-state index is 11.2. The second-order valence-corrected chi connectivity index (χ2v) is 6.84. The fraction of sp³-hybridized carbons (Fsp3) is 0.200. The van der Waals surface area contributed by atoms with Crippen molar-refractivity contribution in [2.24, 2.45) is 5.14 Å². The Hall–Kier alpha value is -1.40. The molecule has 0 saturated heterocycles. The molecule has 0 bridgehead atoms. The number of sulfonamides is 1. The number of hydrogen-bond donors (Lipinski definition) is 2. The molecule has 0 aromatic heterocycles. The molecule has 0 amide bonds. The van der Waals surface area contributed by atoms with Crippen molar-refractivity contribution < 1.29 is 8.42 Å². The lowest BCUT2D eigenvalue weighted by molar-refractivity contribution is 0.574. The van der Waals surface area contributed by atoms with Crippen LogP contribution in [0.3, 0.4) is 0 Å². The van der Waals surface area contributed by atoms with E-state index in [4.69, 9.17) is 16.7 Å². The van der Waals surface area contributed by atoms with E-state index in [1.807, 2.05) is 31.2 Å². The molecule has 2 rings (SSSR count). The van der Waals surface area contributed by atoms with Crippen LogP contribution in [0, 0.1) is 0 Å². The second kappa shape index (κ2) is 6.58. The van der Waals surface area contributed by atoms with Crippen LogP contribution in [0.4, 0.5) is 0 Å². The van der Waals surface area contributed by atoms with Gasteiger partial charge < -0.3 is 5.32 Å². The van der Waals surface area contributed by atoms with E-state index in [2.05, 4.69) is 5.32 Å². The van der Waals surface area contributed by atoms with Crippen molar-refractivity contribution in [1.29, 1.82) is 0 Å². The average Bonchev–Trinajstić information content (AvgIpc) is 2.45. The molecule has 0 aliphatic carbocycles. The van der Waals surface area contributed by atoms with Crippen LogP contribution in [0.1, 0.15) is 24.1 Å². The van der Waals surface area contributed by atoms with Gasteiger partial charge in [-0.25, -0.2) is 13.6 Å². The van der Waals surface area contributed by atoms with Crippen molar-refractivity contribution in [2.75, 3.05) is 0 Å². The van der Waals surface area contributed by atoms with Gasteiger partial charge in [-0.05, 0) is 42.3 Å². The van der Waals surface area contributed by atoms with Crippen molar-refractivity contribution >= 4 is 21.6 Å². The zero-order valence-corrected chi connectivity index (χ0v) is 13.2. The zero-order chi connectivity index (χ0) is 15.5. The SMILES string of the molecule is CC(NCc1ccc(Cl)cc1)c1ccc(S(N)(=O)=O)cc1. The Bertz CT molecular complexity index is 697. The first-order chi connectivity index (χ1) is 9.86. The van der Waals surface area contributed by atoms with E-state index in [1.54, 1.807) is 12.1 Å². The maximum Gasteiger partial charge on any atom is 0.238 e. The van der Waals surface area contributed by atoms with E-state index < -0.39 is 10.0 Å². The molecule has 0 aliphatic rings. The number of nitrogens with two attached hydrogens (primary N) is 1. The topological polar surface area (TPSA) is 72.2 Å². The van der Waals surface area contributed by atoms with E-state index in [9.17, 15) is 8.42 Å². The minimum atomic E-state index is -3.64. The highest BCUT2D eigenvalue weighted by Gasteiger charge is 2.09. The minimum absolute atomic E-state index is 0.0928. The third-order valence-electron chi connectivity index (χ3n) is 3.23. The predicted octanol–water partition coefficient (Wildman–Crippen LogP) is 2.84. The molecule has 21 heavy (non-hydrogen) atoms. The molecule has 6 heteroatoms. The molecule has 4 nitrogen and oxygen atoms in total. The first-order valence-corrected chi connectivity index (χ1v) is 8.39. The van der Waals surface area contributed by atoms with Gasteiger partial charge in [-0.1, -0.05) is 35.9 Å². The molecule has 2 aromatic carbocycles. The first kappa shape index (κ1) is 16.0. The minimum Gasteiger partial charge on any atom is -0.306 e. The molecule has 0 heterocycles. The lowest BCUT2D eigenvalue weighted by Crippen LogP contribution is -2.18. The molecule has 112 valence electrons. The van der Waals surface area contributed by atoms with E-state index in [0.717, 1.165) is 11.1 Å². The summed E-state index contributed by atoms with van der Waals surface area (Å²) < 4.78 is 22.4. The van der Waals surface area contributed by atoms with Crippen LogP contribution < -0.4 is 10.5 Å². The van der Waals surface area contributed by atoms with Crippen LogP contribution in [-0.2, 0) is 16.6 Å². The van der Waals surface area contributed by atoms with Crippen LogP contribution in [0.5, 0.6) is 0 Å². The highest BCUT2D eigenvalue weighted by molar-refractivity contribution is 7.89. The van der Waals surface area contributed by atoms with Gasteiger partial charge in [-0.15, -0.1) is 0 Å². The van der Waals surface area contributed by atoms with Gasteiger partial charge in [-0.3, -0.25) is 0 Å². The quantitative estimate of drug-likeness (QED) is 0.888.